The Labute approximate surface area is 130 Å². The predicted octanol–water partition coefficient (Wildman–Crippen LogP) is 5.98. The van der Waals surface area contributed by atoms with Gasteiger partial charge in [-0.1, -0.05) is 67.1 Å². The van der Waals surface area contributed by atoms with Gasteiger partial charge in [0, 0.05) is 10.7 Å². The Morgan fingerprint density at radius 2 is 1.90 bits per heavy atom. The molecule has 2 rings (SSSR count). The molecule has 0 amide bonds. The summed E-state index contributed by atoms with van der Waals surface area (Å²) < 4.78 is 2.19. The van der Waals surface area contributed by atoms with Crippen LogP contribution in [0.25, 0.3) is 16.7 Å². The number of nitrogens with zero attached hydrogens (tertiary/aromatic N) is 2. The number of allylic oxidation sites excluding steroid dienone is 1. The van der Waals surface area contributed by atoms with Crippen LogP contribution < -0.4 is 0 Å². The van der Waals surface area contributed by atoms with E-state index in [9.17, 15) is 0 Å². The molecule has 0 saturated heterocycles. The molecule has 20 heavy (non-hydrogen) atoms. The number of rotatable bonds is 8. The van der Waals surface area contributed by atoms with Crippen LogP contribution in [-0.2, 0) is 0 Å². The molecule has 0 radical (unpaired) electrons. The fourth-order valence-corrected chi connectivity index (χ4v) is 2.95. The van der Waals surface area contributed by atoms with Crippen molar-refractivity contribution in [3.05, 3.63) is 35.6 Å². The average molecular weight is 335 g/mol. The van der Waals surface area contributed by atoms with Crippen molar-refractivity contribution in [2.24, 2.45) is 0 Å². The van der Waals surface area contributed by atoms with Crippen molar-refractivity contribution < 1.29 is 0 Å². The van der Waals surface area contributed by atoms with Gasteiger partial charge in [-0.15, -0.1) is 0 Å². The lowest BCUT2D eigenvalue weighted by molar-refractivity contribution is 0.610. The van der Waals surface area contributed by atoms with Crippen molar-refractivity contribution in [3.63, 3.8) is 0 Å². The minimum atomic E-state index is 1.06. The molecule has 0 bridgehead atoms. The van der Waals surface area contributed by atoms with Gasteiger partial charge >= 0.3 is 0 Å². The van der Waals surface area contributed by atoms with Crippen LogP contribution in [0.3, 0.4) is 0 Å². The second-order valence-corrected chi connectivity index (χ2v) is 5.68. The molecule has 0 aliphatic rings. The predicted molar refractivity (Wildman–Crippen MR) is 90.9 cm³/mol. The Balaban J connectivity index is 1.92. The molecule has 0 spiro atoms. The van der Waals surface area contributed by atoms with E-state index in [-0.39, 0.29) is 0 Å². The van der Waals surface area contributed by atoms with Crippen LogP contribution in [0.5, 0.6) is 0 Å². The van der Waals surface area contributed by atoms with Crippen molar-refractivity contribution in [2.75, 3.05) is 0 Å². The van der Waals surface area contributed by atoms with E-state index >= 15 is 0 Å². The van der Waals surface area contributed by atoms with Crippen LogP contribution in [0.1, 0.15) is 51.9 Å². The molecule has 0 fully saturated rings. The third kappa shape index (κ3) is 3.95. The van der Waals surface area contributed by atoms with Gasteiger partial charge in [0.1, 0.15) is 6.33 Å². The fraction of sp³-hybridized carbons (Fsp3) is 0.471. The van der Waals surface area contributed by atoms with Gasteiger partial charge in [-0.05, 0) is 25.0 Å². The lowest BCUT2D eigenvalue weighted by atomic mass is 10.1. The van der Waals surface area contributed by atoms with Crippen LogP contribution in [-0.4, -0.2) is 9.55 Å². The van der Waals surface area contributed by atoms with Gasteiger partial charge < -0.3 is 4.57 Å². The largest absolute Gasteiger partial charge is 0.302 e. The van der Waals surface area contributed by atoms with E-state index in [4.69, 9.17) is 0 Å². The van der Waals surface area contributed by atoms with Crippen LogP contribution in [0.2, 0.25) is 0 Å². The van der Waals surface area contributed by atoms with Gasteiger partial charge in [0.2, 0.25) is 0 Å². The number of imidazole rings is 1. The van der Waals surface area contributed by atoms with Gasteiger partial charge in [0.15, 0.2) is 0 Å². The van der Waals surface area contributed by atoms with E-state index in [1.54, 1.807) is 0 Å². The monoisotopic (exact) mass is 334 g/mol. The molecule has 0 saturated carbocycles. The summed E-state index contributed by atoms with van der Waals surface area (Å²) in [5.41, 5.74) is 3.53. The molecule has 1 aromatic heterocycles. The number of unbranched alkanes of at least 4 members (excludes halogenated alkanes) is 5. The first-order valence-corrected chi connectivity index (χ1v) is 8.50. The molecule has 0 atom stereocenters. The molecule has 2 nitrogen and oxygen atoms in total. The number of benzene rings is 1. The summed E-state index contributed by atoms with van der Waals surface area (Å²) in [5.74, 6) is 0. The van der Waals surface area contributed by atoms with Gasteiger partial charge in [0.05, 0.1) is 11.0 Å². The summed E-state index contributed by atoms with van der Waals surface area (Å²) in [6.07, 6.45) is 11.0. The zero-order valence-electron chi connectivity index (χ0n) is 12.2. The summed E-state index contributed by atoms with van der Waals surface area (Å²) in [5, 5.41) is 0. The minimum absolute atomic E-state index is 1.06. The molecule has 108 valence electrons. The number of hydrogen-bond donors (Lipinski definition) is 0. The number of aromatic nitrogens is 2. The lowest BCUT2D eigenvalue weighted by Gasteiger charge is -2.09. The molecule has 0 aliphatic heterocycles. The second kappa shape index (κ2) is 8.25. The first-order chi connectivity index (χ1) is 9.86. The van der Waals surface area contributed by atoms with E-state index < -0.39 is 0 Å². The summed E-state index contributed by atoms with van der Waals surface area (Å²) in [7, 11) is 0. The third-order valence-electron chi connectivity index (χ3n) is 3.68. The topological polar surface area (TPSA) is 17.8 Å². The highest BCUT2D eigenvalue weighted by Gasteiger charge is 2.05. The highest BCUT2D eigenvalue weighted by atomic mass is 79.9. The van der Waals surface area contributed by atoms with Crippen molar-refractivity contribution in [1.29, 1.82) is 0 Å². The maximum Gasteiger partial charge on any atom is 0.100 e. The number of halogens is 1. The number of hydrogen-bond acceptors (Lipinski definition) is 1. The summed E-state index contributed by atoms with van der Waals surface area (Å²) in [6, 6.07) is 8.28. The molecule has 2 aromatic rings. The molecule has 0 N–H and O–H groups in total. The Morgan fingerprint density at radius 1 is 1.15 bits per heavy atom. The summed E-state index contributed by atoms with van der Waals surface area (Å²) >= 11 is 3.51. The highest BCUT2D eigenvalue weighted by Crippen LogP contribution is 2.22. The van der Waals surface area contributed by atoms with Crippen molar-refractivity contribution in [2.45, 2.75) is 51.9 Å². The normalized spacial score (nSPS) is 12.2. The van der Waals surface area contributed by atoms with Gasteiger partial charge in [-0.2, -0.15) is 0 Å². The van der Waals surface area contributed by atoms with Crippen molar-refractivity contribution in [1.82, 2.24) is 9.55 Å². The van der Waals surface area contributed by atoms with Crippen LogP contribution in [0, 0.1) is 0 Å². The first-order valence-electron chi connectivity index (χ1n) is 7.58. The molecule has 0 aliphatic carbocycles. The van der Waals surface area contributed by atoms with Crippen LogP contribution in [0.4, 0.5) is 0 Å². The summed E-state index contributed by atoms with van der Waals surface area (Å²) in [4.78, 5) is 6.49. The molecular formula is C17H23BrN2. The Kier molecular flexibility index (Phi) is 6.31. The van der Waals surface area contributed by atoms with Crippen molar-refractivity contribution in [3.8, 4) is 0 Å². The number of para-hydroxylation sites is 2. The second-order valence-electron chi connectivity index (χ2n) is 5.22. The smallest absolute Gasteiger partial charge is 0.100 e. The van der Waals surface area contributed by atoms with E-state index in [0.29, 0.717) is 0 Å². The summed E-state index contributed by atoms with van der Waals surface area (Å²) in [6.45, 7) is 2.26. The zero-order chi connectivity index (χ0) is 14.2. The Morgan fingerprint density at radius 3 is 2.70 bits per heavy atom. The molecular weight excluding hydrogens is 312 g/mol. The third-order valence-corrected chi connectivity index (χ3v) is 4.20. The lowest BCUT2D eigenvalue weighted by Crippen LogP contribution is -1.95. The Hall–Kier alpha value is -1.09. The van der Waals surface area contributed by atoms with Gasteiger partial charge in [-0.25, -0.2) is 4.98 Å². The van der Waals surface area contributed by atoms with E-state index in [1.165, 1.54) is 49.7 Å². The van der Waals surface area contributed by atoms with E-state index in [0.717, 1.165) is 11.9 Å². The maximum atomic E-state index is 4.46. The fourth-order valence-electron chi connectivity index (χ4n) is 2.50. The number of fused-ring (bicyclic) bond motifs is 1. The maximum absolute atomic E-state index is 4.46. The molecule has 1 heterocycles. The van der Waals surface area contributed by atoms with E-state index in [2.05, 4.69) is 50.6 Å². The van der Waals surface area contributed by atoms with Crippen molar-refractivity contribution >= 4 is 32.7 Å². The van der Waals surface area contributed by atoms with E-state index in [1.807, 2.05) is 17.4 Å². The molecule has 3 heteroatoms. The first kappa shape index (κ1) is 15.3. The Bertz CT molecular complexity index is 557. The van der Waals surface area contributed by atoms with Gasteiger partial charge in [-0.3, -0.25) is 0 Å². The quantitative estimate of drug-likeness (QED) is 0.543. The minimum Gasteiger partial charge on any atom is -0.302 e. The molecule has 0 unspecified atom stereocenters. The molecule has 1 aromatic carbocycles. The highest BCUT2D eigenvalue weighted by molar-refractivity contribution is 9.11. The van der Waals surface area contributed by atoms with Crippen LogP contribution in [0.15, 0.2) is 35.6 Å². The van der Waals surface area contributed by atoms with Crippen LogP contribution >= 0.6 is 15.9 Å². The zero-order valence-corrected chi connectivity index (χ0v) is 13.8. The SMILES string of the molecule is CCCCCCCC/C(=C/Br)n1cnc2ccccc21. The van der Waals surface area contributed by atoms with Gasteiger partial charge in [0.25, 0.3) is 0 Å². The average Bonchev–Trinajstić information content (AvgIpc) is 2.91. The standard InChI is InChI=1S/C17H23BrN2/c1-2-3-4-5-6-7-10-15(13-18)20-14-19-16-11-8-9-12-17(16)20/h8-9,11-14H,2-7,10H2,1H3/b15-13-.